The van der Waals surface area contributed by atoms with E-state index >= 15 is 0 Å². The lowest BCUT2D eigenvalue weighted by Crippen LogP contribution is -2.33. The average Bonchev–Trinajstić information content (AvgIpc) is 2.68. The molecule has 0 spiro atoms. The number of nitrogens with zero attached hydrogens (tertiary/aromatic N) is 2. The van der Waals surface area contributed by atoms with Crippen molar-refractivity contribution in [3.63, 3.8) is 0 Å². The topological polar surface area (TPSA) is 87.2 Å². The third kappa shape index (κ3) is 2.84. The number of nitrogens with two attached hydrogens (primary N) is 1. The van der Waals surface area contributed by atoms with Gasteiger partial charge in [-0.15, -0.1) is 0 Å². The molecule has 2 amide bonds. The molecule has 1 heterocycles. The summed E-state index contributed by atoms with van der Waals surface area (Å²) < 4.78 is 0. The molecule has 2 rings (SSSR count). The first kappa shape index (κ1) is 13.3. The smallest absolute Gasteiger partial charge is 0.293 e. The molecule has 1 fully saturated rings. The van der Waals surface area contributed by atoms with Crippen molar-refractivity contribution < 1.29 is 9.59 Å². The standard InChI is InChI=1S/C13H11N3O2S/c14-5-6-16-12(17)11(19-13(16)18)7-9-1-3-10(8-15)4-2-9/h1-4,7H,5-6,14H2/b11-7-. The number of hydrogen-bond acceptors (Lipinski definition) is 5. The summed E-state index contributed by atoms with van der Waals surface area (Å²) in [7, 11) is 0. The number of carbonyl (C=O) groups excluding carboxylic acids is 2. The Kier molecular flexibility index (Phi) is 4.00. The van der Waals surface area contributed by atoms with E-state index in [2.05, 4.69) is 0 Å². The first-order valence-corrected chi connectivity index (χ1v) is 6.43. The molecule has 5 nitrogen and oxygen atoms in total. The number of imide groups is 1. The number of nitriles is 1. The Bertz CT molecular complexity index is 587. The van der Waals surface area contributed by atoms with Crippen LogP contribution in [0.15, 0.2) is 29.2 Å². The van der Waals surface area contributed by atoms with E-state index in [0.717, 1.165) is 22.2 Å². The minimum Gasteiger partial charge on any atom is -0.329 e. The summed E-state index contributed by atoms with van der Waals surface area (Å²) in [6.07, 6.45) is 1.64. The highest BCUT2D eigenvalue weighted by molar-refractivity contribution is 8.18. The molecule has 1 aromatic rings. The molecule has 96 valence electrons. The third-order valence-corrected chi connectivity index (χ3v) is 3.47. The monoisotopic (exact) mass is 273 g/mol. The van der Waals surface area contributed by atoms with Crippen molar-refractivity contribution >= 4 is 29.0 Å². The van der Waals surface area contributed by atoms with E-state index in [1.165, 1.54) is 0 Å². The number of benzene rings is 1. The minimum absolute atomic E-state index is 0.232. The predicted octanol–water partition coefficient (Wildman–Crippen LogP) is 1.55. The Morgan fingerprint density at radius 1 is 1.32 bits per heavy atom. The van der Waals surface area contributed by atoms with Crippen LogP contribution in [0.2, 0.25) is 0 Å². The zero-order valence-electron chi connectivity index (χ0n) is 10.00. The maximum absolute atomic E-state index is 11.9. The Hall–Kier alpha value is -2.10. The highest BCUT2D eigenvalue weighted by Gasteiger charge is 2.34. The first-order chi connectivity index (χ1) is 9.15. The second kappa shape index (κ2) is 5.69. The molecule has 6 heteroatoms. The molecule has 0 bridgehead atoms. The van der Waals surface area contributed by atoms with Crippen LogP contribution < -0.4 is 5.73 Å². The van der Waals surface area contributed by atoms with Crippen molar-refractivity contribution in [3.05, 3.63) is 40.3 Å². The number of amides is 2. The van der Waals surface area contributed by atoms with Gasteiger partial charge in [-0.25, -0.2) is 0 Å². The molecule has 0 atom stereocenters. The molecule has 1 aliphatic rings. The molecule has 19 heavy (non-hydrogen) atoms. The van der Waals surface area contributed by atoms with Gasteiger partial charge >= 0.3 is 0 Å². The van der Waals surface area contributed by atoms with Crippen LogP contribution in [-0.2, 0) is 4.79 Å². The van der Waals surface area contributed by atoms with Gasteiger partial charge in [-0.3, -0.25) is 14.5 Å². The summed E-state index contributed by atoms with van der Waals surface area (Å²) >= 11 is 0.905. The van der Waals surface area contributed by atoms with Crippen molar-refractivity contribution in [2.24, 2.45) is 5.73 Å². The Balaban J connectivity index is 2.22. The van der Waals surface area contributed by atoms with Crippen molar-refractivity contribution in [1.29, 1.82) is 5.26 Å². The van der Waals surface area contributed by atoms with Crippen molar-refractivity contribution in [2.75, 3.05) is 13.1 Å². The van der Waals surface area contributed by atoms with Crippen LogP contribution in [0, 0.1) is 11.3 Å². The van der Waals surface area contributed by atoms with Crippen LogP contribution >= 0.6 is 11.8 Å². The van der Waals surface area contributed by atoms with Crippen molar-refractivity contribution in [1.82, 2.24) is 4.90 Å². The minimum atomic E-state index is -0.315. The van der Waals surface area contributed by atoms with E-state index in [-0.39, 0.29) is 24.2 Å². The summed E-state index contributed by atoms with van der Waals surface area (Å²) in [5.41, 5.74) is 6.68. The Labute approximate surface area is 114 Å². The maximum Gasteiger partial charge on any atom is 0.293 e. The fraction of sp³-hybridized carbons (Fsp3) is 0.154. The van der Waals surface area contributed by atoms with Gasteiger partial charge in [-0.2, -0.15) is 5.26 Å². The van der Waals surface area contributed by atoms with Crippen LogP contribution in [0.25, 0.3) is 6.08 Å². The quantitative estimate of drug-likeness (QED) is 0.844. The molecular formula is C13H11N3O2S. The Morgan fingerprint density at radius 3 is 2.58 bits per heavy atom. The number of hydrogen-bond donors (Lipinski definition) is 1. The average molecular weight is 273 g/mol. The second-order valence-corrected chi connectivity index (χ2v) is 4.85. The zero-order chi connectivity index (χ0) is 13.8. The van der Waals surface area contributed by atoms with Crippen molar-refractivity contribution in [2.45, 2.75) is 0 Å². The van der Waals surface area contributed by atoms with Gasteiger partial charge in [-0.1, -0.05) is 12.1 Å². The number of carbonyl (C=O) groups is 2. The van der Waals surface area contributed by atoms with E-state index in [9.17, 15) is 9.59 Å². The highest BCUT2D eigenvalue weighted by atomic mass is 32.2. The van der Waals surface area contributed by atoms with Crippen LogP contribution in [0.3, 0.4) is 0 Å². The summed E-state index contributed by atoms with van der Waals surface area (Å²) in [5.74, 6) is -0.315. The molecule has 2 N–H and O–H groups in total. The first-order valence-electron chi connectivity index (χ1n) is 5.61. The van der Waals surface area contributed by atoms with Crippen LogP contribution in [0.1, 0.15) is 11.1 Å². The van der Waals surface area contributed by atoms with Gasteiger partial charge in [0.1, 0.15) is 0 Å². The molecule has 0 unspecified atom stereocenters. The maximum atomic E-state index is 11.9. The largest absolute Gasteiger partial charge is 0.329 e. The van der Waals surface area contributed by atoms with Gasteiger partial charge in [0.15, 0.2) is 0 Å². The van der Waals surface area contributed by atoms with Crippen molar-refractivity contribution in [3.8, 4) is 6.07 Å². The molecule has 1 aromatic carbocycles. The molecule has 1 aliphatic heterocycles. The SMILES string of the molecule is N#Cc1ccc(/C=C2\SC(=O)N(CCN)C2=O)cc1. The summed E-state index contributed by atoms with van der Waals surface area (Å²) in [6, 6.07) is 8.81. The van der Waals surface area contributed by atoms with E-state index in [1.807, 2.05) is 6.07 Å². The van der Waals surface area contributed by atoms with Gasteiger partial charge in [0.05, 0.1) is 16.5 Å². The molecule has 0 aliphatic carbocycles. The van der Waals surface area contributed by atoms with Gasteiger partial charge in [-0.05, 0) is 35.5 Å². The molecule has 0 saturated carbocycles. The van der Waals surface area contributed by atoms with Crippen LogP contribution in [-0.4, -0.2) is 29.1 Å². The normalized spacial score (nSPS) is 17.1. The number of thioether (sulfide) groups is 1. The van der Waals surface area contributed by atoms with Crippen LogP contribution in [0.4, 0.5) is 4.79 Å². The van der Waals surface area contributed by atoms with E-state index in [0.29, 0.717) is 10.5 Å². The predicted molar refractivity (Wildman–Crippen MR) is 72.9 cm³/mol. The fourth-order valence-electron chi connectivity index (χ4n) is 1.63. The van der Waals surface area contributed by atoms with Gasteiger partial charge in [0.2, 0.25) is 0 Å². The van der Waals surface area contributed by atoms with E-state index in [4.69, 9.17) is 11.0 Å². The molecular weight excluding hydrogens is 262 g/mol. The van der Waals surface area contributed by atoms with E-state index in [1.54, 1.807) is 30.3 Å². The fourth-order valence-corrected chi connectivity index (χ4v) is 2.49. The highest BCUT2D eigenvalue weighted by Crippen LogP contribution is 2.31. The lowest BCUT2D eigenvalue weighted by molar-refractivity contribution is -0.122. The Morgan fingerprint density at radius 2 is 2.00 bits per heavy atom. The van der Waals surface area contributed by atoms with Crippen LogP contribution in [0.5, 0.6) is 0 Å². The molecule has 1 saturated heterocycles. The van der Waals surface area contributed by atoms with Gasteiger partial charge < -0.3 is 5.73 Å². The van der Waals surface area contributed by atoms with E-state index < -0.39 is 0 Å². The zero-order valence-corrected chi connectivity index (χ0v) is 10.8. The third-order valence-electron chi connectivity index (χ3n) is 2.56. The van der Waals surface area contributed by atoms with Gasteiger partial charge in [0.25, 0.3) is 11.1 Å². The summed E-state index contributed by atoms with van der Waals surface area (Å²) in [5, 5.41) is 8.40. The lowest BCUT2D eigenvalue weighted by Gasteiger charge is -2.09. The molecule has 0 radical (unpaired) electrons. The summed E-state index contributed by atoms with van der Waals surface area (Å²) in [4.78, 5) is 25.1. The van der Waals surface area contributed by atoms with Gasteiger partial charge in [0, 0.05) is 13.1 Å². The lowest BCUT2D eigenvalue weighted by atomic mass is 10.1. The second-order valence-electron chi connectivity index (χ2n) is 3.86. The molecule has 0 aromatic heterocycles. The summed E-state index contributed by atoms with van der Waals surface area (Å²) in [6.45, 7) is 0.484. The number of rotatable bonds is 3.